The van der Waals surface area contributed by atoms with E-state index in [-0.39, 0.29) is 0 Å². The normalized spacial score (nSPS) is 11.8. The molecular formula is C44H30O2. The first-order chi connectivity index (χ1) is 22.7. The van der Waals surface area contributed by atoms with Gasteiger partial charge in [0.2, 0.25) is 0 Å². The first-order valence-electron chi connectivity index (χ1n) is 15.8. The van der Waals surface area contributed by atoms with Gasteiger partial charge in [-0.1, -0.05) is 110 Å². The molecule has 7 aromatic carbocycles. The monoisotopic (exact) mass is 590 g/mol. The van der Waals surface area contributed by atoms with Crippen LogP contribution >= 0.6 is 0 Å². The average molecular weight is 591 g/mol. The molecule has 0 aliphatic carbocycles. The van der Waals surface area contributed by atoms with Crippen LogP contribution in [-0.4, -0.2) is 0 Å². The molecule has 0 atom stereocenters. The summed E-state index contributed by atoms with van der Waals surface area (Å²) in [6.07, 6.45) is 3.78. The third-order valence-corrected chi connectivity index (χ3v) is 9.41. The second kappa shape index (κ2) is 10.4. The van der Waals surface area contributed by atoms with E-state index >= 15 is 0 Å². The Labute approximate surface area is 266 Å². The molecule has 0 saturated heterocycles. The van der Waals surface area contributed by atoms with Gasteiger partial charge in [0, 0.05) is 27.6 Å². The standard InChI is InChI=1S/C44H30O2/c1-3-4-11-27(2)43-32-13-5-7-15-34(32)44(35-16-8-6-14-33(35)43)29-20-18-28(19-21-29)30-22-23-40-36(24-30)38-25-37-31-12-9-10-17-39(31)45-41(37)26-42(38)46-40/h3,5-10,12-26H,1-2,4,11H2. The Morgan fingerprint density at radius 3 is 1.67 bits per heavy atom. The molecule has 0 aliphatic rings. The summed E-state index contributed by atoms with van der Waals surface area (Å²) >= 11 is 0. The number of rotatable bonds is 6. The molecule has 2 heteroatoms. The summed E-state index contributed by atoms with van der Waals surface area (Å²) in [6, 6.07) is 45.4. The van der Waals surface area contributed by atoms with Crippen LogP contribution in [0, 0.1) is 0 Å². The molecule has 0 amide bonds. The maximum Gasteiger partial charge on any atom is 0.139 e. The van der Waals surface area contributed by atoms with Crippen LogP contribution in [0.4, 0.5) is 0 Å². The number of para-hydroxylation sites is 1. The van der Waals surface area contributed by atoms with Gasteiger partial charge in [0.25, 0.3) is 0 Å². The smallest absolute Gasteiger partial charge is 0.139 e. The van der Waals surface area contributed by atoms with Gasteiger partial charge >= 0.3 is 0 Å². The third-order valence-electron chi connectivity index (χ3n) is 9.41. The van der Waals surface area contributed by atoms with Crippen molar-refractivity contribution in [3.8, 4) is 22.3 Å². The second-order valence-corrected chi connectivity index (χ2v) is 12.1. The van der Waals surface area contributed by atoms with Crippen LogP contribution in [-0.2, 0) is 0 Å². The number of hydrogen-bond acceptors (Lipinski definition) is 2. The number of fused-ring (bicyclic) bond motifs is 8. The Balaban J connectivity index is 1.17. The number of furan rings is 2. The van der Waals surface area contributed by atoms with E-state index < -0.39 is 0 Å². The molecule has 9 rings (SSSR count). The largest absolute Gasteiger partial charge is 0.456 e. The molecule has 0 radical (unpaired) electrons. The van der Waals surface area contributed by atoms with Crippen molar-refractivity contribution in [2.45, 2.75) is 12.8 Å². The van der Waals surface area contributed by atoms with E-state index in [0.717, 1.165) is 73.4 Å². The van der Waals surface area contributed by atoms with Gasteiger partial charge in [-0.25, -0.2) is 0 Å². The number of allylic oxidation sites excluding steroid dienone is 2. The molecule has 218 valence electrons. The zero-order chi connectivity index (χ0) is 30.8. The lowest BCUT2D eigenvalue weighted by Gasteiger charge is -2.18. The SMILES string of the molecule is C=CCCC(=C)c1c2ccccc2c(-c2ccc(-c3ccc4oc5cc6oc7ccccc7c6cc5c4c3)cc2)c2ccccc12. The highest BCUT2D eigenvalue weighted by molar-refractivity contribution is 6.19. The fraction of sp³-hybridized carbons (Fsp3) is 0.0455. The Morgan fingerprint density at radius 1 is 0.478 bits per heavy atom. The summed E-state index contributed by atoms with van der Waals surface area (Å²) in [5.41, 5.74) is 10.6. The van der Waals surface area contributed by atoms with E-state index in [1.165, 1.54) is 38.2 Å². The molecule has 0 spiro atoms. The fourth-order valence-electron chi connectivity index (χ4n) is 7.23. The predicted molar refractivity (Wildman–Crippen MR) is 195 cm³/mol. The molecule has 0 aliphatic heterocycles. The lowest BCUT2D eigenvalue weighted by atomic mass is 9.85. The van der Waals surface area contributed by atoms with Gasteiger partial charge in [-0.15, -0.1) is 6.58 Å². The van der Waals surface area contributed by atoms with Crippen LogP contribution in [0.3, 0.4) is 0 Å². The summed E-state index contributed by atoms with van der Waals surface area (Å²) in [5, 5.41) is 9.40. The minimum absolute atomic E-state index is 0.837. The number of benzene rings is 7. The predicted octanol–water partition coefficient (Wildman–Crippen LogP) is 13.1. The summed E-state index contributed by atoms with van der Waals surface area (Å²) in [5.74, 6) is 0. The maximum absolute atomic E-state index is 6.28. The topological polar surface area (TPSA) is 26.3 Å². The zero-order valence-electron chi connectivity index (χ0n) is 25.3. The van der Waals surface area contributed by atoms with E-state index in [1.807, 2.05) is 24.3 Å². The molecule has 0 saturated carbocycles. The Bertz CT molecular complexity index is 2610. The summed E-state index contributed by atoms with van der Waals surface area (Å²) in [7, 11) is 0. The van der Waals surface area contributed by atoms with Crippen LogP contribution in [0.15, 0.2) is 155 Å². The van der Waals surface area contributed by atoms with Gasteiger partial charge in [0.05, 0.1) is 0 Å². The van der Waals surface area contributed by atoms with Crippen LogP contribution in [0.1, 0.15) is 18.4 Å². The van der Waals surface area contributed by atoms with Crippen LogP contribution in [0.5, 0.6) is 0 Å². The molecule has 2 heterocycles. The number of hydrogen-bond donors (Lipinski definition) is 0. The summed E-state index contributed by atoms with van der Waals surface area (Å²) < 4.78 is 12.4. The van der Waals surface area contributed by atoms with Crippen molar-refractivity contribution in [1.29, 1.82) is 0 Å². The Morgan fingerprint density at radius 2 is 1.00 bits per heavy atom. The van der Waals surface area contributed by atoms with Gasteiger partial charge in [0.15, 0.2) is 0 Å². The van der Waals surface area contributed by atoms with Gasteiger partial charge in [0.1, 0.15) is 22.3 Å². The summed E-state index contributed by atoms with van der Waals surface area (Å²) in [4.78, 5) is 0. The van der Waals surface area contributed by atoms with Crippen molar-refractivity contribution in [3.63, 3.8) is 0 Å². The van der Waals surface area contributed by atoms with E-state index in [0.29, 0.717) is 0 Å². The minimum atomic E-state index is 0.837. The average Bonchev–Trinajstić information content (AvgIpc) is 3.65. The molecular weight excluding hydrogens is 560 g/mol. The minimum Gasteiger partial charge on any atom is -0.456 e. The van der Waals surface area contributed by atoms with Crippen LogP contribution in [0.2, 0.25) is 0 Å². The van der Waals surface area contributed by atoms with E-state index in [1.54, 1.807) is 0 Å². The molecule has 0 N–H and O–H groups in total. The molecule has 46 heavy (non-hydrogen) atoms. The van der Waals surface area contributed by atoms with Crippen molar-refractivity contribution in [3.05, 3.63) is 152 Å². The van der Waals surface area contributed by atoms with Gasteiger partial charge in [-0.05, 0) is 92.0 Å². The molecule has 9 aromatic rings. The van der Waals surface area contributed by atoms with Crippen LogP contribution < -0.4 is 0 Å². The maximum atomic E-state index is 6.28. The first-order valence-corrected chi connectivity index (χ1v) is 15.8. The van der Waals surface area contributed by atoms with Crippen molar-refractivity contribution >= 4 is 71.0 Å². The molecule has 0 fully saturated rings. The van der Waals surface area contributed by atoms with E-state index in [4.69, 9.17) is 8.83 Å². The van der Waals surface area contributed by atoms with Gasteiger partial charge in [-0.3, -0.25) is 0 Å². The lowest BCUT2D eigenvalue weighted by molar-refractivity contribution is 0.656. The Kier molecular flexibility index (Phi) is 5.97. The molecule has 2 aromatic heterocycles. The van der Waals surface area contributed by atoms with E-state index in [9.17, 15) is 0 Å². The van der Waals surface area contributed by atoms with Crippen molar-refractivity contribution in [2.75, 3.05) is 0 Å². The Hall–Kier alpha value is -5.86. The highest BCUT2D eigenvalue weighted by Crippen LogP contribution is 2.43. The van der Waals surface area contributed by atoms with Crippen molar-refractivity contribution in [2.24, 2.45) is 0 Å². The summed E-state index contributed by atoms with van der Waals surface area (Å²) in [6.45, 7) is 8.44. The first kappa shape index (κ1) is 26.5. The molecule has 2 nitrogen and oxygen atoms in total. The van der Waals surface area contributed by atoms with Crippen LogP contribution in [0.25, 0.3) is 93.2 Å². The fourth-order valence-corrected chi connectivity index (χ4v) is 7.23. The molecule has 0 unspecified atom stereocenters. The highest BCUT2D eigenvalue weighted by Gasteiger charge is 2.17. The quantitative estimate of drug-likeness (QED) is 0.142. The molecule has 0 bridgehead atoms. The van der Waals surface area contributed by atoms with Crippen molar-refractivity contribution < 1.29 is 8.83 Å². The lowest BCUT2D eigenvalue weighted by Crippen LogP contribution is -1.93. The zero-order valence-corrected chi connectivity index (χ0v) is 25.3. The second-order valence-electron chi connectivity index (χ2n) is 12.1. The highest BCUT2D eigenvalue weighted by atomic mass is 16.3. The van der Waals surface area contributed by atoms with Crippen molar-refractivity contribution in [1.82, 2.24) is 0 Å². The van der Waals surface area contributed by atoms with E-state index in [2.05, 4.69) is 122 Å². The third kappa shape index (κ3) is 4.04. The van der Waals surface area contributed by atoms with Gasteiger partial charge < -0.3 is 8.83 Å². The van der Waals surface area contributed by atoms with Gasteiger partial charge in [-0.2, -0.15) is 0 Å².